The number of carboxylic acid groups (broad SMARTS) is 1. The number of benzene rings is 2. The van der Waals surface area contributed by atoms with Gasteiger partial charge < -0.3 is 20.5 Å². The molecule has 3 aliphatic rings. The van der Waals surface area contributed by atoms with Crippen LogP contribution in [0.2, 0.25) is 0 Å². The van der Waals surface area contributed by atoms with Crippen molar-refractivity contribution in [3.63, 3.8) is 0 Å². The number of fused-ring (bicyclic) bond motifs is 2. The number of hydrogen-bond acceptors (Lipinski definition) is 5. The predicted octanol–water partition coefficient (Wildman–Crippen LogP) is 6.59. The van der Waals surface area contributed by atoms with Crippen LogP contribution in [0.3, 0.4) is 0 Å². The van der Waals surface area contributed by atoms with Crippen molar-refractivity contribution in [2.45, 2.75) is 67.3 Å². The standard InChI is InChI=1S/C30H32F4N2O5S/c1-41-24-14-23(31)21(15-5-7-16(8-6-15)29(39)40)13-22(24)27(37)36-26-18-10-9-17(11-18)25(26)28(38)35-19-3-2-4-20(12-19)42-30(32,33)34/h2-4,12-18,25-26H,5-11H2,1H3,(H,35,38)(H,36,37)(H,39,40)/t15?,16?,17-,18+,25+,26-/m1/s1. The molecule has 2 amide bonds. The van der Waals surface area contributed by atoms with Gasteiger partial charge in [-0.2, -0.15) is 13.2 Å². The molecule has 3 N–H and O–H groups in total. The van der Waals surface area contributed by atoms with Crippen LogP contribution in [0.4, 0.5) is 23.2 Å². The zero-order chi connectivity index (χ0) is 30.2. The van der Waals surface area contributed by atoms with Gasteiger partial charge in [-0.3, -0.25) is 14.4 Å². The predicted molar refractivity (Wildman–Crippen MR) is 148 cm³/mol. The normalized spacial score (nSPS) is 27.0. The molecule has 0 radical (unpaired) electrons. The van der Waals surface area contributed by atoms with Crippen molar-refractivity contribution in [2.75, 3.05) is 12.4 Å². The summed E-state index contributed by atoms with van der Waals surface area (Å²) >= 11 is -0.263. The monoisotopic (exact) mass is 608 g/mol. The number of rotatable bonds is 8. The average molecular weight is 609 g/mol. The van der Waals surface area contributed by atoms with Crippen LogP contribution in [0.15, 0.2) is 41.3 Å². The number of carbonyl (C=O) groups excluding carboxylic acids is 2. The second-order valence-electron chi connectivity index (χ2n) is 11.4. The fraction of sp³-hybridized carbons (Fsp3) is 0.500. The van der Waals surface area contributed by atoms with Crippen LogP contribution in [0, 0.1) is 29.5 Å². The van der Waals surface area contributed by atoms with Crippen molar-refractivity contribution in [2.24, 2.45) is 23.7 Å². The maximum Gasteiger partial charge on any atom is 0.446 e. The van der Waals surface area contributed by atoms with Gasteiger partial charge in [0, 0.05) is 22.7 Å². The van der Waals surface area contributed by atoms with Gasteiger partial charge in [0.05, 0.1) is 24.5 Å². The van der Waals surface area contributed by atoms with E-state index in [0.29, 0.717) is 31.2 Å². The molecule has 0 saturated heterocycles. The molecule has 3 saturated carbocycles. The first-order chi connectivity index (χ1) is 19.9. The van der Waals surface area contributed by atoms with Gasteiger partial charge in [-0.15, -0.1) is 0 Å². The van der Waals surface area contributed by atoms with E-state index in [4.69, 9.17) is 4.74 Å². The first-order valence-corrected chi connectivity index (χ1v) is 14.8. The third-order valence-electron chi connectivity index (χ3n) is 8.93. The Kier molecular flexibility index (Phi) is 8.73. The Morgan fingerprint density at radius 3 is 2.38 bits per heavy atom. The zero-order valence-electron chi connectivity index (χ0n) is 22.9. The quantitative estimate of drug-likeness (QED) is 0.231. The molecule has 0 heterocycles. The van der Waals surface area contributed by atoms with Crippen LogP contribution < -0.4 is 15.4 Å². The van der Waals surface area contributed by atoms with E-state index in [0.717, 1.165) is 19.3 Å². The number of ether oxygens (including phenoxy) is 1. The summed E-state index contributed by atoms with van der Waals surface area (Å²) in [6, 6.07) is 7.69. The lowest BCUT2D eigenvalue weighted by molar-refractivity contribution is -0.142. The summed E-state index contributed by atoms with van der Waals surface area (Å²) in [4.78, 5) is 38.3. The van der Waals surface area contributed by atoms with Crippen LogP contribution in [0.25, 0.3) is 0 Å². The van der Waals surface area contributed by atoms with Gasteiger partial charge >= 0.3 is 11.5 Å². The maximum absolute atomic E-state index is 15.1. The number of halogens is 4. The molecule has 5 rings (SSSR count). The molecular formula is C30H32F4N2O5S. The molecule has 2 aromatic rings. The average Bonchev–Trinajstić information content (AvgIpc) is 3.54. The molecule has 0 spiro atoms. The minimum atomic E-state index is -4.46. The SMILES string of the molecule is COc1cc(F)c(C2CCC(C(=O)O)CC2)cc1C(=O)N[C@@H]1[C@H]2CC[C@H](C2)[C@@H]1C(=O)Nc1cccc(SC(F)(F)F)c1. The van der Waals surface area contributed by atoms with E-state index >= 15 is 4.39 Å². The number of amides is 2. The Hall–Kier alpha value is -3.28. The molecule has 2 bridgehead atoms. The van der Waals surface area contributed by atoms with E-state index in [1.165, 1.54) is 43.5 Å². The number of nitrogens with one attached hydrogen (secondary N) is 2. The van der Waals surface area contributed by atoms with Crippen molar-refractivity contribution in [1.29, 1.82) is 0 Å². The van der Waals surface area contributed by atoms with Gasteiger partial charge in [-0.25, -0.2) is 4.39 Å². The Bertz CT molecular complexity index is 1360. The number of aliphatic carboxylic acids is 1. The van der Waals surface area contributed by atoms with Crippen LogP contribution in [0.5, 0.6) is 5.75 Å². The molecular weight excluding hydrogens is 576 g/mol. The molecule has 3 aliphatic carbocycles. The largest absolute Gasteiger partial charge is 0.496 e. The number of carbonyl (C=O) groups is 3. The van der Waals surface area contributed by atoms with Crippen molar-refractivity contribution in [1.82, 2.24) is 5.32 Å². The summed E-state index contributed by atoms with van der Waals surface area (Å²) in [5.74, 6) is -3.41. The van der Waals surface area contributed by atoms with Gasteiger partial charge in [0.1, 0.15) is 11.6 Å². The zero-order valence-corrected chi connectivity index (χ0v) is 23.7. The van der Waals surface area contributed by atoms with Gasteiger partial charge in [-0.1, -0.05) is 6.07 Å². The first kappa shape index (κ1) is 30.2. The Morgan fingerprint density at radius 2 is 1.71 bits per heavy atom. The minimum absolute atomic E-state index is 0.0168. The van der Waals surface area contributed by atoms with Crippen molar-refractivity contribution < 1.29 is 41.8 Å². The second-order valence-corrected chi connectivity index (χ2v) is 12.5. The van der Waals surface area contributed by atoms with Crippen molar-refractivity contribution >= 4 is 35.2 Å². The van der Waals surface area contributed by atoms with E-state index in [2.05, 4.69) is 10.6 Å². The highest BCUT2D eigenvalue weighted by Gasteiger charge is 2.51. The number of methoxy groups -OCH3 is 1. The molecule has 2 aromatic carbocycles. The lowest BCUT2D eigenvalue weighted by Gasteiger charge is -2.31. The van der Waals surface area contributed by atoms with E-state index in [-0.39, 0.29) is 57.3 Å². The molecule has 4 atom stereocenters. The maximum atomic E-state index is 15.1. The third-order valence-corrected chi connectivity index (χ3v) is 9.65. The number of carboxylic acids is 1. The number of anilines is 1. The summed E-state index contributed by atoms with van der Waals surface area (Å²) in [6.07, 6.45) is 4.19. The van der Waals surface area contributed by atoms with Crippen LogP contribution in [-0.2, 0) is 9.59 Å². The Balaban J connectivity index is 1.33. The molecule has 7 nitrogen and oxygen atoms in total. The minimum Gasteiger partial charge on any atom is -0.496 e. The van der Waals surface area contributed by atoms with Gasteiger partial charge in [0.15, 0.2) is 0 Å². The van der Waals surface area contributed by atoms with Gasteiger partial charge in [0.2, 0.25) is 5.91 Å². The fourth-order valence-corrected chi connectivity index (χ4v) is 7.58. The highest BCUT2D eigenvalue weighted by molar-refractivity contribution is 8.00. The summed E-state index contributed by atoms with van der Waals surface area (Å²) in [6.45, 7) is 0. The molecule has 12 heteroatoms. The van der Waals surface area contributed by atoms with Crippen LogP contribution >= 0.6 is 11.8 Å². The molecule has 226 valence electrons. The van der Waals surface area contributed by atoms with Crippen molar-refractivity contribution in [3.8, 4) is 5.75 Å². The molecule has 0 aliphatic heterocycles. The van der Waals surface area contributed by atoms with E-state index in [1.54, 1.807) is 0 Å². The third kappa shape index (κ3) is 6.53. The molecule has 0 aromatic heterocycles. The number of hydrogen-bond donors (Lipinski definition) is 3. The van der Waals surface area contributed by atoms with Gasteiger partial charge in [0.25, 0.3) is 5.91 Å². The van der Waals surface area contributed by atoms with Gasteiger partial charge in [-0.05, 0) is 104 Å². The molecule has 0 unspecified atom stereocenters. The Labute approximate surface area is 244 Å². The van der Waals surface area contributed by atoms with Crippen LogP contribution in [-0.4, -0.2) is 41.6 Å². The van der Waals surface area contributed by atoms with E-state index in [1.807, 2.05) is 0 Å². The number of alkyl halides is 3. The highest BCUT2D eigenvalue weighted by atomic mass is 32.2. The smallest absolute Gasteiger partial charge is 0.446 e. The first-order valence-electron chi connectivity index (χ1n) is 14.0. The summed E-state index contributed by atoms with van der Waals surface area (Å²) in [5.41, 5.74) is -3.75. The lowest BCUT2D eigenvalue weighted by atomic mass is 9.78. The fourth-order valence-electron chi connectivity index (χ4n) is 6.98. The van der Waals surface area contributed by atoms with Crippen LogP contribution in [0.1, 0.15) is 66.8 Å². The Morgan fingerprint density at radius 1 is 1.00 bits per heavy atom. The summed E-state index contributed by atoms with van der Waals surface area (Å²) in [7, 11) is 1.34. The number of thioether (sulfide) groups is 1. The van der Waals surface area contributed by atoms with E-state index < -0.39 is 41.1 Å². The summed E-state index contributed by atoms with van der Waals surface area (Å²) < 4.78 is 58.9. The van der Waals surface area contributed by atoms with Crippen molar-refractivity contribution in [3.05, 3.63) is 53.3 Å². The van der Waals surface area contributed by atoms with E-state index in [9.17, 15) is 32.7 Å². The second kappa shape index (κ2) is 12.1. The highest BCUT2D eigenvalue weighted by Crippen LogP contribution is 2.49. The molecule has 42 heavy (non-hydrogen) atoms. The topological polar surface area (TPSA) is 105 Å². The molecule has 3 fully saturated rings. The summed E-state index contributed by atoms with van der Waals surface area (Å²) in [5, 5.41) is 15.0. The lowest BCUT2D eigenvalue weighted by Crippen LogP contribution is -2.48.